The lowest BCUT2D eigenvalue weighted by Gasteiger charge is -2.18. The van der Waals surface area contributed by atoms with Crippen LogP contribution >= 0.6 is 11.6 Å². The summed E-state index contributed by atoms with van der Waals surface area (Å²) < 4.78 is 32.6. The van der Waals surface area contributed by atoms with E-state index in [0.29, 0.717) is 10.6 Å². The van der Waals surface area contributed by atoms with Crippen molar-refractivity contribution in [3.63, 3.8) is 0 Å². The van der Waals surface area contributed by atoms with E-state index in [4.69, 9.17) is 16.3 Å². The minimum atomic E-state index is -3.77. The van der Waals surface area contributed by atoms with Crippen molar-refractivity contribution in [1.82, 2.24) is 4.72 Å². The summed E-state index contributed by atoms with van der Waals surface area (Å²) in [5, 5.41) is 0.527. The van der Waals surface area contributed by atoms with Crippen molar-refractivity contribution >= 4 is 27.6 Å². The number of benzene rings is 2. The molecule has 0 bridgehead atoms. The van der Waals surface area contributed by atoms with Gasteiger partial charge in [-0.25, -0.2) is 13.1 Å². The highest BCUT2D eigenvalue weighted by molar-refractivity contribution is 7.89. The van der Waals surface area contributed by atoms with E-state index in [1.54, 1.807) is 49.4 Å². The predicted molar refractivity (Wildman–Crippen MR) is 92.2 cm³/mol. The first-order valence-corrected chi connectivity index (χ1v) is 9.27. The fourth-order valence-electron chi connectivity index (χ4n) is 2.16. The van der Waals surface area contributed by atoms with Crippen LogP contribution in [0.25, 0.3) is 0 Å². The second-order valence-corrected chi connectivity index (χ2v) is 7.20. The molecule has 0 aliphatic rings. The molecule has 0 unspecified atom stereocenters. The number of ether oxygens (including phenoxy) is 1. The van der Waals surface area contributed by atoms with Gasteiger partial charge in [-0.1, -0.05) is 41.9 Å². The van der Waals surface area contributed by atoms with Crippen molar-refractivity contribution in [3.05, 3.63) is 65.2 Å². The summed E-state index contributed by atoms with van der Waals surface area (Å²) in [6.45, 7) is 1.93. The van der Waals surface area contributed by atoms with E-state index in [-0.39, 0.29) is 17.9 Å². The van der Waals surface area contributed by atoms with Gasteiger partial charge in [0, 0.05) is 5.02 Å². The van der Waals surface area contributed by atoms with Crippen LogP contribution in [-0.2, 0) is 19.6 Å². The zero-order valence-electron chi connectivity index (χ0n) is 13.1. The first kappa shape index (κ1) is 18.4. The van der Waals surface area contributed by atoms with Gasteiger partial charge in [-0.15, -0.1) is 0 Å². The number of hydrogen-bond donors (Lipinski definition) is 1. The van der Waals surface area contributed by atoms with Crippen LogP contribution in [0.4, 0.5) is 0 Å². The van der Waals surface area contributed by atoms with Gasteiger partial charge in [0.05, 0.1) is 24.0 Å². The van der Waals surface area contributed by atoms with Crippen molar-refractivity contribution in [1.29, 1.82) is 0 Å². The minimum absolute atomic E-state index is 0.110. The van der Waals surface area contributed by atoms with Gasteiger partial charge >= 0.3 is 5.97 Å². The van der Waals surface area contributed by atoms with Gasteiger partial charge in [0.2, 0.25) is 10.0 Å². The van der Waals surface area contributed by atoms with Crippen molar-refractivity contribution in [2.75, 3.05) is 6.61 Å². The molecule has 0 amide bonds. The van der Waals surface area contributed by atoms with Crippen molar-refractivity contribution < 1.29 is 17.9 Å². The molecule has 2 aromatic rings. The average Bonchev–Trinajstić information content (AvgIpc) is 2.56. The molecule has 1 N–H and O–H groups in total. The standard InChI is InChI=1S/C17H18ClNO4S/c1-2-23-17(20)12-16(13-8-10-14(18)11-9-13)19-24(21,22)15-6-4-3-5-7-15/h3-11,16,19H,2,12H2,1H3/t16-/m0/s1. The minimum Gasteiger partial charge on any atom is -0.466 e. The first-order chi connectivity index (χ1) is 11.4. The number of esters is 1. The number of sulfonamides is 1. The summed E-state index contributed by atoms with van der Waals surface area (Å²) in [7, 11) is -3.77. The quantitative estimate of drug-likeness (QED) is 0.762. The Hall–Kier alpha value is -1.89. The predicted octanol–water partition coefficient (Wildman–Crippen LogP) is 3.31. The molecule has 0 saturated carbocycles. The van der Waals surface area contributed by atoms with Crippen molar-refractivity contribution in [2.24, 2.45) is 0 Å². The fourth-order valence-corrected chi connectivity index (χ4v) is 3.54. The smallest absolute Gasteiger partial charge is 0.307 e. The van der Waals surface area contributed by atoms with Crippen LogP contribution in [0.5, 0.6) is 0 Å². The summed E-state index contributed by atoms with van der Waals surface area (Å²) in [6, 6.07) is 13.9. The van der Waals surface area contributed by atoms with Crippen LogP contribution in [0.1, 0.15) is 24.9 Å². The molecular weight excluding hydrogens is 350 g/mol. The van der Waals surface area contributed by atoms with Gasteiger partial charge < -0.3 is 4.74 Å². The highest BCUT2D eigenvalue weighted by atomic mass is 35.5. The highest BCUT2D eigenvalue weighted by Gasteiger charge is 2.24. The molecule has 0 aliphatic carbocycles. The van der Waals surface area contributed by atoms with E-state index in [1.807, 2.05) is 0 Å². The molecule has 0 spiro atoms. The fraction of sp³-hybridized carbons (Fsp3) is 0.235. The summed E-state index contributed by atoms with van der Waals surface area (Å²) in [5.41, 5.74) is 0.631. The van der Waals surface area contributed by atoms with Gasteiger partial charge in [-0.05, 0) is 36.8 Å². The van der Waals surface area contributed by atoms with Crippen LogP contribution in [0.2, 0.25) is 5.02 Å². The Morgan fingerprint density at radius 1 is 1.12 bits per heavy atom. The highest BCUT2D eigenvalue weighted by Crippen LogP contribution is 2.22. The number of hydrogen-bond acceptors (Lipinski definition) is 4. The topological polar surface area (TPSA) is 72.5 Å². The molecule has 0 fully saturated rings. The van der Waals surface area contributed by atoms with Gasteiger partial charge in [-0.2, -0.15) is 0 Å². The summed E-state index contributed by atoms with van der Waals surface area (Å²) in [5.74, 6) is -0.479. The van der Waals surface area contributed by atoms with Crippen LogP contribution in [0.3, 0.4) is 0 Å². The molecule has 7 heteroatoms. The van der Waals surface area contributed by atoms with E-state index >= 15 is 0 Å². The lowest BCUT2D eigenvalue weighted by molar-refractivity contribution is -0.143. The molecule has 128 valence electrons. The largest absolute Gasteiger partial charge is 0.466 e. The lowest BCUT2D eigenvalue weighted by atomic mass is 10.1. The Morgan fingerprint density at radius 3 is 2.33 bits per heavy atom. The molecule has 0 aliphatic heterocycles. The maximum Gasteiger partial charge on any atom is 0.307 e. The number of carbonyl (C=O) groups is 1. The third-order valence-electron chi connectivity index (χ3n) is 3.30. The monoisotopic (exact) mass is 367 g/mol. The van der Waals surface area contributed by atoms with E-state index < -0.39 is 22.0 Å². The van der Waals surface area contributed by atoms with E-state index in [0.717, 1.165) is 0 Å². The zero-order chi connectivity index (χ0) is 17.6. The second-order valence-electron chi connectivity index (χ2n) is 5.05. The Kier molecular flexibility index (Phi) is 6.36. The number of carbonyl (C=O) groups excluding carboxylic acids is 1. The number of rotatable bonds is 7. The normalized spacial score (nSPS) is 12.6. The van der Waals surface area contributed by atoms with Gasteiger partial charge in [0.25, 0.3) is 0 Å². The molecular formula is C17H18ClNO4S. The molecule has 0 saturated heterocycles. The maximum absolute atomic E-state index is 12.5. The first-order valence-electron chi connectivity index (χ1n) is 7.41. The lowest BCUT2D eigenvalue weighted by Crippen LogP contribution is -2.30. The van der Waals surface area contributed by atoms with Crippen LogP contribution in [0, 0.1) is 0 Å². The molecule has 0 radical (unpaired) electrons. The Morgan fingerprint density at radius 2 is 1.75 bits per heavy atom. The Labute approximate surface area is 146 Å². The third kappa shape index (κ3) is 5.06. The molecule has 5 nitrogen and oxygen atoms in total. The summed E-state index contributed by atoms with van der Waals surface area (Å²) in [4.78, 5) is 12.0. The molecule has 2 rings (SSSR count). The van der Waals surface area contributed by atoms with Crippen LogP contribution in [0.15, 0.2) is 59.5 Å². The number of halogens is 1. The summed E-state index contributed by atoms with van der Waals surface area (Å²) >= 11 is 5.87. The summed E-state index contributed by atoms with van der Waals surface area (Å²) in [6.07, 6.45) is -0.110. The van der Waals surface area contributed by atoms with Gasteiger partial charge in [0.15, 0.2) is 0 Å². The van der Waals surface area contributed by atoms with E-state index in [1.165, 1.54) is 12.1 Å². The van der Waals surface area contributed by atoms with Crippen LogP contribution in [-0.4, -0.2) is 21.0 Å². The molecule has 0 heterocycles. The van der Waals surface area contributed by atoms with Crippen LogP contribution < -0.4 is 4.72 Å². The van der Waals surface area contributed by atoms with Crippen molar-refractivity contribution in [3.8, 4) is 0 Å². The van der Waals surface area contributed by atoms with E-state index in [2.05, 4.69) is 4.72 Å². The molecule has 2 aromatic carbocycles. The third-order valence-corrected chi connectivity index (χ3v) is 5.04. The number of nitrogens with one attached hydrogen (secondary N) is 1. The second kappa shape index (κ2) is 8.28. The van der Waals surface area contributed by atoms with Crippen molar-refractivity contribution in [2.45, 2.75) is 24.3 Å². The van der Waals surface area contributed by atoms with Gasteiger partial charge in [-0.3, -0.25) is 4.79 Å². The average molecular weight is 368 g/mol. The van der Waals surface area contributed by atoms with Gasteiger partial charge in [0.1, 0.15) is 0 Å². The molecule has 1 atom stereocenters. The maximum atomic E-state index is 12.5. The zero-order valence-corrected chi connectivity index (χ0v) is 14.7. The SMILES string of the molecule is CCOC(=O)C[C@H](NS(=O)(=O)c1ccccc1)c1ccc(Cl)cc1. The molecule has 0 aromatic heterocycles. The molecule has 24 heavy (non-hydrogen) atoms. The Balaban J connectivity index is 2.28. The Bertz CT molecular complexity index is 776. The van der Waals surface area contributed by atoms with E-state index in [9.17, 15) is 13.2 Å².